The molecule has 4 nitrogen and oxygen atoms in total. The van der Waals surface area contributed by atoms with E-state index in [1.54, 1.807) is 31.2 Å². The summed E-state index contributed by atoms with van der Waals surface area (Å²) >= 11 is 0. The standard InChI is InChI=1S/C18H15F3O4/c1-3-16(17(22)23-2)25-15-10-8-14(9-11-15)24-13-6-4-12(5-7-13)18(19,20)21/h3-11H,1-2H3/b16-3+. The maximum atomic E-state index is 12.5. The highest BCUT2D eigenvalue weighted by Crippen LogP contribution is 2.31. The highest BCUT2D eigenvalue weighted by molar-refractivity contribution is 5.86. The van der Waals surface area contributed by atoms with Gasteiger partial charge in [-0.2, -0.15) is 13.2 Å². The lowest BCUT2D eigenvalue weighted by atomic mass is 10.2. The van der Waals surface area contributed by atoms with E-state index in [1.807, 2.05) is 0 Å². The van der Waals surface area contributed by atoms with Crippen LogP contribution in [0.5, 0.6) is 17.2 Å². The number of alkyl halides is 3. The summed E-state index contributed by atoms with van der Waals surface area (Å²) in [6, 6.07) is 10.6. The topological polar surface area (TPSA) is 44.8 Å². The molecule has 0 unspecified atom stereocenters. The smallest absolute Gasteiger partial charge is 0.416 e. The average Bonchev–Trinajstić information content (AvgIpc) is 2.60. The number of allylic oxidation sites excluding steroid dienone is 1. The Morgan fingerprint density at radius 1 is 0.920 bits per heavy atom. The molecular weight excluding hydrogens is 337 g/mol. The molecule has 0 N–H and O–H groups in total. The number of methoxy groups -OCH3 is 1. The van der Waals surface area contributed by atoms with Crippen LogP contribution in [0, 0.1) is 0 Å². The second-order valence-corrected chi connectivity index (χ2v) is 4.84. The van der Waals surface area contributed by atoms with Gasteiger partial charge >= 0.3 is 12.1 Å². The highest BCUT2D eigenvalue weighted by Gasteiger charge is 2.30. The van der Waals surface area contributed by atoms with E-state index in [2.05, 4.69) is 4.74 Å². The lowest BCUT2D eigenvalue weighted by Crippen LogP contribution is -2.10. The van der Waals surface area contributed by atoms with Crippen molar-refractivity contribution in [3.8, 4) is 17.2 Å². The number of carbonyl (C=O) groups excluding carboxylic acids is 1. The van der Waals surface area contributed by atoms with E-state index in [0.717, 1.165) is 12.1 Å². The van der Waals surface area contributed by atoms with Gasteiger partial charge in [-0.1, -0.05) is 0 Å². The van der Waals surface area contributed by atoms with Crippen molar-refractivity contribution in [1.82, 2.24) is 0 Å². The van der Waals surface area contributed by atoms with Crippen molar-refractivity contribution < 1.29 is 32.2 Å². The summed E-state index contributed by atoms with van der Waals surface area (Å²) in [4.78, 5) is 11.4. The third-order valence-corrected chi connectivity index (χ3v) is 3.12. The Balaban J connectivity index is 2.04. The average molecular weight is 352 g/mol. The molecule has 0 spiro atoms. The number of halogens is 3. The van der Waals surface area contributed by atoms with E-state index in [0.29, 0.717) is 11.5 Å². The minimum absolute atomic E-state index is 0.0407. The van der Waals surface area contributed by atoms with Gasteiger partial charge < -0.3 is 14.2 Å². The molecule has 132 valence electrons. The normalized spacial score (nSPS) is 11.8. The molecule has 7 heteroatoms. The van der Waals surface area contributed by atoms with Gasteiger partial charge in [0.2, 0.25) is 5.76 Å². The van der Waals surface area contributed by atoms with E-state index in [4.69, 9.17) is 9.47 Å². The fraction of sp³-hybridized carbons (Fsp3) is 0.167. The molecule has 0 amide bonds. The monoisotopic (exact) mass is 352 g/mol. The van der Waals surface area contributed by atoms with Gasteiger partial charge in [0, 0.05) is 0 Å². The summed E-state index contributed by atoms with van der Waals surface area (Å²) in [5.74, 6) is 0.502. The van der Waals surface area contributed by atoms with Crippen molar-refractivity contribution in [3.63, 3.8) is 0 Å². The number of esters is 1. The first-order valence-corrected chi connectivity index (χ1v) is 7.21. The molecular formula is C18H15F3O4. The predicted octanol–water partition coefficient (Wildman–Crippen LogP) is 4.95. The van der Waals surface area contributed by atoms with Crippen LogP contribution in [0.1, 0.15) is 12.5 Å². The fourth-order valence-corrected chi connectivity index (χ4v) is 1.87. The number of benzene rings is 2. The Labute approximate surface area is 142 Å². The fourth-order valence-electron chi connectivity index (χ4n) is 1.87. The molecule has 0 heterocycles. The summed E-state index contributed by atoms with van der Waals surface area (Å²) in [7, 11) is 1.25. The van der Waals surface area contributed by atoms with Crippen LogP contribution in [-0.4, -0.2) is 13.1 Å². The van der Waals surface area contributed by atoms with Crippen LogP contribution >= 0.6 is 0 Å². The molecule has 25 heavy (non-hydrogen) atoms. The second-order valence-electron chi connectivity index (χ2n) is 4.84. The highest BCUT2D eigenvalue weighted by atomic mass is 19.4. The van der Waals surface area contributed by atoms with Crippen molar-refractivity contribution >= 4 is 5.97 Å². The molecule has 0 bridgehead atoms. The van der Waals surface area contributed by atoms with Gasteiger partial charge in [0.1, 0.15) is 17.2 Å². The van der Waals surface area contributed by atoms with Gasteiger partial charge in [0.05, 0.1) is 12.7 Å². The number of hydrogen-bond donors (Lipinski definition) is 0. The number of carbonyl (C=O) groups is 1. The van der Waals surface area contributed by atoms with Crippen molar-refractivity contribution in [2.75, 3.05) is 7.11 Å². The Hall–Kier alpha value is -2.96. The van der Waals surface area contributed by atoms with Crippen molar-refractivity contribution in [2.24, 2.45) is 0 Å². The Kier molecular flexibility index (Phi) is 5.69. The SMILES string of the molecule is C/C=C(/Oc1ccc(Oc2ccc(C(F)(F)F)cc2)cc1)C(=O)OC. The lowest BCUT2D eigenvalue weighted by Gasteiger charge is -2.10. The third-order valence-electron chi connectivity index (χ3n) is 3.12. The molecule has 2 aromatic carbocycles. The Morgan fingerprint density at radius 2 is 1.40 bits per heavy atom. The molecule has 0 aliphatic heterocycles. The second kappa shape index (κ2) is 7.74. The van der Waals surface area contributed by atoms with E-state index in [1.165, 1.54) is 25.3 Å². The molecule has 0 saturated heterocycles. The molecule has 0 atom stereocenters. The zero-order valence-corrected chi connectivity index (χ0v) is 13.5. The van der Waals surface area contributed by atoms with E-state index < -0.39 is 17.7 Å². The van der Waals surface area contributed by atoms with Gasteiger partial charge in [-0.25, -0.2) is 4.79 Å². The minimum Gasteiger partial charge on any atom is -0.463 e. The molecule has 0 fully saturated rings. The van der Waals surface area contributed by atoms with Crippen LogP contribution in [0.3, 0.4) is 0 Å². The van der Waals surface area contributed by atoms with E-state index >= 15 is 0 Å². The van der Waals surface area contributed by atoms with Crippen molar-refractivity contribution in [3.05, 3.63) is 65.9 Å². The predicted molar refractivity (Wildman–Crippen MR) is 84.4 cm³/mol. The van der Waals surface area contributed by atoms with Crippen LogP contribution in [0.15, 0.2) is 60.4 Å². The molecule has 2 aromatic rings. The maximum absolute atomic E-state index is 12.5. The summed E-state index contributed by atoms with van der Waals surface area (Å²) in [5.41, 5.74) is -0.745. The van der Waals surface area contributed by atoms with E-state index in [9.17, 15) is 18.0 Å². The summed E-state index contributed by atoms with van der Waals surface area (Å²) in [5, 5.41) is 0. The first-order chi connectivity index (χ1) is 11.8. The minimum atomic E-state index is -4.39. The maximum Gasteiger partial charge on any atom is 0.416 e. The molecule has 2 rings (SSSR count). The van der Waals surface area contributed by atoms with Gasteiger partial charge in [-0.05, 0) is 61.5 Å². The van der Waals surface area contributed by atoms with Gasteiger partial charge in [-0.3, -0.25) is 0 Å². The molecule has 0 saturated carbocycles. The first-order valence-electron chi connectivity index (χ1n) is 7.21. The molecule has 0 aliphatic rings. The van der Waals surface area contributed by atoms with Crippen LogP contribution in [-0.2, 0) is 15.7 Å². The van der Waals surface area contributed by atoms with Gasteiger partial charge in [0.15, 0.2) is 0 Å². The lowest BCUT2D eigenvalue weighted by molar-refractivity contribution is -0.139. The molecule has 0 aromatic heterocycles. The van der Waals surface area contributed by atoms with Crippen LogP contribution in [0.2, 0.25) is 0 Å². The van der Waals surface area contributed by atoms with Crippen molar-refractivity contribution in [2.45, 2.75) is 13.1 Å². The number of ether oxygens (including phenoxy) is 3. The largest absolute Gasteiger partial charge is 0.463 e. The quantitative estimate of drug-likeness (QED) is 0.434. The molecule has 0 radical (unpaired) electrons. The third kappa shape index (κ3) is 5.00. The summed E-state index contributed by atoms with van der Waals surface area (Å²) in [6.07, 6.45) is -2.92. The summed E-state index contributed by atoms with van der Waals surface area (Å²) in [6.45, 7) is 1.63. The van der Waals surface area contributed by atoms with Gasteiger partial charge in [-0.15, -0.1) is 0 Å². The van der Waals surface area contributed by atoms with Crippen LogP contribution in [0.4, 0.5) is 13.2 Å². The zero-order valence-electron chi connectivity index (χ0n) is 13.5. The Morgan fingerprint density at radius 3 is 1.84 bits per heavy atom. The number of rotatable bonds is 5. The van der Waals surface area contributed by atoms with E-state index in [-0.39, 0.29) is 11.5 Å². The zero-order chi connectivity index (χ0) is 18.4. The van der Waals surface area contributed by atoms with Gasteiger partial charge in [0.25, 0.3) is 0 Å². The Bertz CT molecular complexity index is 747. The molecule has 0 aliphatic carbocycles. The first kappa shape index (κ1) is 18.4. The van der Waals surface area contributed by atoms with Crippen LogP contribution < -0.4 is 9.47 Å². The summed E-state index contributed by atoms with van der Waals surface area (Å²) < 4.78 is 53.0. The van der Waals surface area contributed by atoms with Crippen molar-refractivity contribution in [1.29, 1.82) is 0 Å². The number of hydrogen-bond acceptors (Lipinski definition) is 4. The van der Waals surface area contributed by atoms with Crippen LogP contribution in [0.25, 0.3) is 0 Å².